The molecule has 0 atom stereocenters. The number of aryl methyl sites for hydroxylation is 1. The first-order valence-corrected chi connectivity index (χ1v) is 9.57. The van der Waals surface area contributed by atoms with E-state index in [0.717, 1.165) is 5.56 Å². The van der Waals surface area contributed by atoms with Crippen LogP contribution in [-0.2, 0) is 5.41 Å². The van der Waals surface area contributed by atoms with Gasteiger partial charge in [-0.05, 0) is 32.4 Å². The maximum absolute atomic E-state index is 13.0. The van der Waals surface area contributed by atoms with Gasteiger partial charge < -0.3 is 5.32 Å². The van der Waals surface area contributed by atoms with Gasteiger partial charge in [-0.25, -0.2) is 4.68 Å². The van der Waals surface area contributed by atoms with Gasteiger partial charge >= 0.3 is 0 Å². The zero-order chi connectivity index (χ0) is 20.5. The molecule has 0 fully saturated rings. The molecular weight excluding hydrogens is 350 g/mol. The quantitative estimate of drug-likeness (QED) is 0.731. The minimum atomic E-state index is -0.272. The molecule has 1 amide bonds. The normalized spacial score (nSPS) is 11.8. The molecule has 1 heterocycles. The number of nitrogens with zero attached hydrogens (tertiary/aromatic N) is 2. The van der Waals surface area contributed by atoms with Crippen LogP contribution in [0, 0.1) is 6.92 Å². The predicted octanol–water partition coefficient (Wildman–Crippen LogP) is 3.99. The van der Waals surface area contributed by atoms with Crippen molar-refractivity contribution in [3.05, 3.63) is 75.7 Å². The third-order valence-corrected chi connectivity index (χ3v) is 5.02. The Morgan fingerprint density at radius 3 is 2.43 bits per heavy atom. The molecule has 0 aliphatic rings. The van der Waals surface area contributed by atoms with E-state index >= 15 is 0 Å². The second-order valence-electron chi connectivity index (χ2n) is 8.17. The molecule has 0 saturated heterocycles. The number of aromatic nitrogens is 2. The van der Waals surface area contributed by atoms with Crippen molar-refractivity contribution < 1.29 is 4.79 Å². The second-order valence-corrected chi connectivity index (χ2v) is 8.17. The highest BCUT2D eigenvalue weighted by Crippen LogP contribution is 2.23. The van der Waals surface area contributed by atoms with Gasteiger partial charge in [0.15, 0.2) is 5.69 Å². The van der Waals surface area contributed by atoms with E-state index in [1.165, 1.54) is 10.2 Å². The van der Waals surface area contributed by atoms with E-state index in [9.17, 15) is 9.59 Å². The van der Waals surface area contributed by atoms with Gasteiger partial charge in [0.05, 0.1) is 11.4 Å². The van der Waals surface area contributed by atoms with Crippen molar-refractivity contribution in [3.8, 4) is 0 Å². The van der Waals surface area contributed by atoms with E-state index < -0.39 is 0 Å². The second kappa shape index (κ2) is 7.58. The molecule has 0 saturated carbocycles. The molecule has 5 nitrogen and oxygen atoms in total. The Kier molecular flexibility index (Phi) is 5.36. The summed E-state index contributed by atoms with van der Waals surface area (Å²) in [5, 5.41) is 8.49. The number of rotatable bonds is 5. The Labute approximate surface area is 165 Å². The minimum Gasteiger partial charge on any atom is -0.350 e. The molecule has 1 N–H and O–H groups in total. The largest absolute Gasteiger partial charge is 0.350 e. The fourth-order valence-corrected chi connectivity index (χ4v) is 3.28. The number of carbonyl (C=O) groups is 1. The van der Waals surface area contributed by atoms with Crippen LogP contribution in [0.25, 0.3) is 10.8 Å². The molecular formula is C23H27N3O2. The Morgan fingerprint density at radius 1 is 1.11 bits per heavy atom. The number of carbonyl (C=O) groups excluding carboxylic acids is 1. The molecule has 0 spiro atoms. The highest BCUT2D eigenvalue weighted by Gasteiger charge is 2.24. The standard InChI is InChI=1S/C23H27N3O2/c1-15(2)26-22(28)19-12-7-6-11-18(19)20(25-26)21(27)24-14-23(4,5)17-10-8-9-16(3)13-17/h6-13,15H,14H2,1-5H3,(H,24,27). The number of fused-ring (bicyclic) bond motifs is 1. The summed E-state index contributed by atoms with van der Waals surface area (Å²) in [4.78, 5) is 25.6. The van der Waals surface area contributed by atoms with Crippen molar-refractivity contribution >= 4 is 16.7 Å². The Morgan fingerprint density at radius 2 is 1.79 bits per heavy atom. The summed E-state index contributed by atoms with van der Waals surface area (Å²) in [5.41, 5.74) is 2.22. The van der Waals surface area contributed by atoms with Crippen molar-refractivity contribution in [2.24, 2.45) is 0 Å². The summed E-state index contributed by atoms with van der Waals surface area (Å²) in [6, 6.07) is 15.3. The third-order valence-electron chi connectivity index (χ3n) is 5.02. The summed E-state index contributed by atoms with van der Waals surface area (Å²) in [6.07, 6.45) is 0. The summed E-state index contributed by atoms with van der Waals surface area (Å²) in [7, 11) is 0. The SMILES string of the molecule is Cc1cccc(C(C)(C)CNC(=O)c2nn(C(C)C)c(=O)c3ccccc23)c1. The van der Waals surface area contributed by atoms with Crippen LogP contribution in [0.5, 0.6) is 0 Å². The van der Waals surface area contributed by atoms with Gasteiger partial charge in [0.25, 0.3) is 11.5 Å². The lowest BCUT2D eigenvalue weighted by atomic mass is 9.84. The van der Waals surface area contributed by atoms with Crippen molar-refractivity contribution in [1.29, 1.82) is 0 Å². The first kappa shape index (κ1) is 19.8. The molecule has 1 aromatic heterocycles. The van der Waals surface area contributed by atoms with Crippen LogP contribution >= 0.6 is 0 Å². The molecule has 0 unspecified atom stereocenters. The van der Waals surface area contributed by atoms with Gasteiger partial charge in [0.2, 0.25) is 0 Å². The van der Waals surface area contributed by atoms with Crippen molar-refractivity contribution in [3.63, 3.8) is 0 Å². The highest BCUT2D eigenvalue weighted by atomic mass is 16.2. The van der Waals surface area contributed by atoms with Gasteiger partial charge in [0.1, 0.15) is 0 Å². The average molecular weight is 377 g/mol. The fraction of sp³-hybridized carbons (Fsp3) is 0.348. The van der Waals surface area contributed by atoms with E-state index in [1.807, 2.05) is 26.0 Å². The maximum Gasteiger partial charge on any atom is 0.274 e. The highest BCUT2D eigenvalue weighted by molar-refractivity contribution is 6.04. The minimum absolute atomic E-state index is 0.132. The lowest BCUT2D eigenvalue weighted by Gasteiger charge is -2.26. The fourth-order valence-electron chi connectivity index (χ4n) is 3.28. The predicted molar refractivity (Wildman–Crippen MR) is 113 cm³/mol. The topological polar surface area (TPSA) is 64.0 Å². The molecule has 0 radical (unpaired) electrons. The smallest absolute Gasteiger partial charge is 0.274 e. The Balaban J connectivity index is 1.94. The molecule has 0 aliphatic heterocycles. The van der Waals surface area contributed by atoms with Gasteiger partial charge in [-0.1, -0.05) is 61.9 Å². The van der Waals surface area contributed by atoms with Crippen molar-refractivity contribution in [2.45, 2.75) is 46.1 Å². The number of amides is 1. The van der Waals surface area contributed by atoms with Crippen LogP contribution in [0.4, 0.5) is 0 Å². The lowest BCUT2D eigenvalue weighted by Crippen LogP contribution is -2.38. The van der Waals surface area contributed by atoms with Crippen LogP contribution in [0.3, 0.4) is 0 Å². The van der Waals surface area contributed by atoms with E-state index in [1.54, 1.807) is 18.2 Å². The lowest BCUT2D eigenvalue weighted by molar-refractivity contribution is 0.0940. The molecule has 146 valence electrons. The third kappa shape index (κ3) is 3.84. The van der Waals surface area contributed by atoms with Gasteiger partial charge in [-0.15, -0.1) is 0 Å². The van der Waals surface area contributed by atoms with Crippen molar-refractivity contribution in [2.75, 3.05) is 6.54 Å². The summed E-state index contributed by atoms with van der Waals surface area (Å²) in [6.45, 7) is 10.5. The number of nitrogens with one attached hydrogen (secondary N) is 1. The van der Waals surface area contributed by atoms with Gasteiger partial charge in [-0.3, -0.25) is 9.59 Å². The first-order chi connectivity index (χ1) is 13.2. The van der Waals surface area contributed by atoms with Crippen LogP contribution in [0.2, 0.25) is 0 Å². The molecule has 0 aliphatic carbocycles. The molecule has 3 aromatic rings. The zero-order valence-corrected chi connectivity index (χ0v) is 17.1. The van der Waals surface area contributed by atoms with Crippen molar-refractivity contribution in [1.82, 2.24) is 15.1 Å². The zero-order valence-electron chi connectivity index (χ0n) is 17.1. The molecule has 2 aromatic carbocycles. The van der Waals surface area contributed by atoms with Crippen LogP contribution in [-0.4, -0.2) is 22.2 Å². The van der Waals surface area contributed by atoms with Gasteiger partial charge in [0, 0.05) is 17.3 Å². The first-order valence-electron chi connectivity index (χ1n) is 9.57. The van der Waals surface area contributed by atoms with E-state index in [0.29, 0.717) is 17.3 Å². The monoisotopic (exact) mass is 377 g/mol. The maximum atomic E-state index is 13.0. The van der Waals surface area contributed by atoms with E-state index in [4.69, 9.17) is 0 Å². The number of hydrogen-bond acceptors (Lipinski definition) is 3. The molecule has 5 heteroatoms. The molecule has 28 heavy (non-hydrogen) atoms. The summed E-state index contributed by atoms with van der Waals surface area (Å²) in [5.74, 6) is -0.272. The van der Waals surface area contributed by atoms with Crippen LogP contribution in [0.1, 0.15) is 55.4 Å². The van der Waals surface area contributed by atoms with Crippen LogP contribution in [0.15, 0.2) is 53.3 Å². The number of benzene rings is 2. The summed E-state index contributed by atoms with van der Waals surface area (Å²) < 4.78 is 1.38. The Hall–Kier alpha value is -2.95. The molecule has 0 bridgehead atoms. The van der Waals surface area contributed by atoms with E-state index in [-0.39, 0.29) is 28.6 Å². The summed E-state index contributed by atoms with van der Waals surface area (Å²) >= 11 is 0. The van der Waals surface area contributed by atoms with Crippen LogP contribution < -0.4 is 10.9 Å². The van der Waals surface area contributed by atoms with Gasteiger partial charge in [-0.2, -0.15) is 5.10 Å². The Bertz CT molecular complexity index is 1080. The van der Waals surface area contributed by atoms with E-state index in [2.05, 4.69) is 49.4 Å². The average Bonchev–Trinajstić information content (AvgIpc) is 2.66. The number of hydrogen-bond donors (Lipinski definition) is 1. The molecule has 3 rings (SSSR count).